The number of hydrogen-bond acceptors (Lipinski definition) is 3. The smallest absolute Gasteiger partial charge is 0.310 e. The molecule has 0 aliphatic heterocycles. The molecule has 1 aromatic carbocycles. The number of thioether (sulfide) groups is 1. The molecule has 0 aromatic heterocycles. The van der Waals surface area contributed by atoms with Crippen molar-refractivity contribution in [2.45, 2.75) is 36.5 Å². The average Bonchev–Trinajstić information content (AvgIpc) is 3.19. The maximum atomic E-state index is 13.2. The van der Waals surface area contributed by atoms with Gasteiger partial charge in [-0.3, -0.25) is 0 Å². The third-order valence-electron chi connectivity index (χ3n) is 3.35. The lowest BCUT2D eigenvalue weighted by Gasteiger charge is -2.15. The summed E-state index contributed by atoms with van der Waals surface area (Å²) in [7, 11) is 3.91. The Balaban J connectivity index is 2.06. The van der Waals surface area contributed by atoms with Crippen LogP contribution in [0.3, 0.4) is 0 Å². The predicted molar refractivity (Wildman–Crippen MR) is 80.6 cm³/mol. The molecule has 21 heavy (non-hydrogen) atoms. The van der Waals surface area contributed by atoms with E-state index in [1.54, 1.807) is 12.1 Å². The first kappa shape index (κ1) is 16.6. The van der Waals surface area contributed by atoms with Crippen LogP contribution in [0.15, 0.2) is 23.1 Å². The van der Waals surface area contributed by atoms with Crippen LogP contribution in [0.2, 0.25) is 0 Å². The van der Waals surface area contributed by atoms with E-state index in [1.807, 2.05) is 19.0 Å². The van der Waals surface area contributed by atoms with Gasteiger partial charge in [0.15, 0.2) is 0 Å². The molecule has 1 fully saturated rings. The summed E-state index contributed by atoms with van der Waals surface area (Å²) in [5, 5.41) is 3.15. The molecule has 0 unspecified atom stereocenters. The van der Waals surface area contributed by atoms with Gasteiger partial charge < -0.3 is 10.2 Å². The molecule has 0 bridgehead atoms. The summed E-state index contributed by atoms with van der Waals surface area (Å²) >= 11 is 1.46. The van der Waals surface area contributed by atoms with Crippen molar-refractivity contribution in [3.63, 3.8) is 0 Å². The molecular weight excluding hydrogens is 297 g/mol. The van der Waals surface area contributed by atoms with Gasteiger partial charge in [-0.2, -0.15) is 13.2 Å². The van der Waals surface area contributed by atoms with Crippen molar-refractivity contribution in [1.29, 1.82) is 0 Å². The number of rotatable bonds is 7. The Morgan fingerprint density at radius 1 is 1.29 bits per heavy atom. The summed E-state index contributed by atoms with van der Waals surface area (Å²) in [6.07, 6.45) is -2.15. The molecule has 1 aliphatic rings. The van der Waals surface area contributed by atoms with Crippen LogP contribution in [0, 0.1) is 0 Å². The lowest BCUT2D eigenvalue weighted by atomic mass is 10.1. The van der Waals surface area contributed by atoms with Crippen LogP contribution in [0.4, 0.5) is 13.2 Å². The van der Waals surface area contributed by atoms with Gasteiger partial charge in [0, 0.05) is 29.8 Å². The quantitative estimate of drug-likeness (QED) is 0.773. The highest BCUT2D eigenvalue weighted by atomic mass is 32.2. The fourth-order valence-corrected chi connectivity index (χ4v) is 3.01. The van der Waals surface area contributed by atoms with E-state index in [0.717, 1.165) is 25.1 Å². The molecule has 6 heteroatoms. The minimum atomic E-state index is -4.29. The van der Waals surface area contributed by atoms with Crippen LogP contribution in [-0.2, 0) is 12.7 Å². The van der Waals surface area contributed by atoms with E-state index in [0.29, 0.717) is 23.0 Å². The summed E-state index contributed by atoms with van der Waals surface area (Å²) in [6.45, 7) is 1.14. The molecule has 0 amide bonds. The van der Waals surface area contributed by atoms with E-state index < -0.39 is 11.7 Å². The summed E-state index contributed by atoms with van der Waals surface area (Å²) in [6, 6.07) is 5.08. The zero-order valence-electron chi connectivity index (χ0n) is 12.3. The third kappa shape index (κ3) is 5.52. The highest BCUT2D eigenvalue weighted by molar-refractivity contribution is 7.99. The second kappa shape index (κ2) is 7.03. The Labute approximate surface area is 128 Å². The first-order chi connectivity index (χ1) is 9.86. The normalized spacial score (nSPS) is 15.7. The van der Waals surface area contributed by atoms with Gasteiger partial charge in [-0.05, 0) is 44.6 Å². The van der Waals surface area contributed by atoms with Crippen molar-refractivity contribution >= 4 is 11.8 Å². The molecule has 1 aliphatic carbocycles. The number of alkyl halides is 3. The Kier molecular flexibility index (Phi) is 5.57. The molecule has 0 radical (unpaired) electrons. The number of hydrogen-bond donors (Lipinski definition) is 1. The Morgan fingerprint density at radius 3 is 2.57 bits per heavy atom. The van der Waals surface area contributed by atoms with Crippen LogP contribution in [-0.4, -0.2) is 37.3 Å². The van der Waals surface area contributed by atoms with Crippen molar-refractivity contribution in [2.24, 2.45) is 0 Å². The van der Waals surface area contributed by atoms with Gasteiger partial charge in [0.1, 0.15) is 0 Å². The monoisotopic (exact) mass is 318 g/mol. The fourth-order valence-electron chi connectivity index (χ4n) is 1.95. The number of halogens is 3. The van der Waals surface area contributed by atoms with Crippen LogP contribution in [0.5, 0.6) is 0 Å². The molecule has 0 spiro atoms. The first-order valence-corrected chi connectivity index (χ1v) is 8.06. The summed E-state index contributed by atoms with van der Waals surface area (Å²) in [4.78, 5) is 2.70. The third-order valence-corrected chi connectivity index (χ3v) is 4.33. The van der Waals surface area contributed by atoms with Crippen molar-refractivity contribution < 1.29 is 13.2 Å². The topological polar surface area (TPSA) is 15.3 Å². The zero-order valence-corrected chi connectivity index (χ0v) is 13.2. The van der Waals surface area contributed by atoms with Crippen molar-refractivity contribution in [1.82, 2.24) is 10.2 Å². The van der Waals surface area contributed by atoms with Gasteiger partial charge in [-0.15, -0.1) is 11.8 Å². The van der Waals surface area contributed by atoms with Gasteiger partial charge in [0.25, 0.3) is 0 Å². The second-order valence-electron chi connectivity index (χ2n) is 5.62. The minimum absolute atomic E-state index is 0.294. The van der Waals surface area contributed by atoms with E-state index >= 15 is 0 Å². The molecule has 0 heterocycles. The molecule has 2 nitrogen and oxygen atoms in total. The zero-order chi connectivity index (χ0) is 15.5. The highest BCUT2D eigenvalue weighted by Gasteiger charge is 2.34. The van der Waals surface area contributed by atoms with E-state index in [4.69, 9.17) is 0 Å². The van der Waals surface area contributed by atoms with Gasteiger partial charge in [-0.25, -0.2) is 0 Å². The van der Waals surface area contributed by atoms with Crippen molar-refractivity contribution in [2.75, 3.05) is 26.4 Å². The van der Waals surface area contributed by atoms with Gasteiger partial charge in [0.05, 0.1) is 5.56 Å². The number of benzene rings is 1. The Morgan fingerprint density at radius 2 is 2.00 bits per heavy atom. The molecule has 1 N–H and O–H groups in total. The minimum Gasteiger partial charge on any atom is -0.310 e. The Hall–Kier alpha value is -0.720. The molecule has 118 valence electrons. The van der Waals surface area contributed by atoms with Crippen LogP contribution >= 0.6 is 11.8 Å². The maximum absolute atomic E-state index is 13.2. The number of nitrogens with zero attached hydrogens (tertiary/aromatic N) is 1. The summed E-state index contributed by atoms with van der Waals surface area (Å²) < 4.78 is 39.5. The summed E-state index contributed by atoms with van der Waals surface area (Å²) in [5.74, 6) is 0.782. The number of nitrogens with one attached hydrogen (secondary N) is 1. The first-order valence-electron chi connectivity index (χ1n) is 7.07. The SMILES string of the molecule is CN(C)CCSc1ccc(CNC2CC2)c(C(F)(F)F)c1. The van der Waals surface area contributed by atoms with Crippen LogP contribution in [0.25, 0.3) is 0 Å². The molecule has 2 rings (SSSR count). The average molecular weight is 318 g/mol. The van der Waals surface area contributed by atoms with E-state index in [1.165, 1.54) is 17.8 Å². The van der Waals surface area contributed by atoms with Gasteiger partial charge >= 0.3 is 6.18 Å². The Bertz CT molecular complexity index is 470. The molecule has 0 atom stereocenters. The molecular formula is C15H21F3N2S. The molecule has 0 saturated heterocycles. The second-order valence-corrected chi connectivity index (χ2v) is 6.79. The van der Waals surface area contributed by atoms with E-state index in [-0.39, 0.29) is 0 Å². The van der Waals surface area contributed by atoms with Crippen LogP contribution in [0.1, 0.15) is 24.0 Å². The van der Waals surface area contributed by atoms with Crippen molar-refractivity contribution in [3.8, 4) is 0 Å². The van der Waals surface area contributed by atoms with E-state index in [9.17, 15) is 13.2 Å². The predicted octanol–water partition coefficient (Wildman–Crippen LogP) is 3.61. The highest BCUT2D eigenvalue weighted by Crippen LogP contribution is 2.35. The van der Waals surface area contributed by atoms with E-state index in [2.05, 4.69) is 5.32 Å². The molecule has 1 aromatic rings. The van der Waals surface area contributed by atoms with Crippen molar-refractivity contribution in [3.05, 3.63) is 29.3 Å². The van der Waals surface area contributed by atoms with Crippen LogP contribution < -0.4 is 5.32 Å². The maximum Gasteiger partial charge on any atom is 0.416 e. The van der Waals surface area contributed by atoms with Gasteiger partial charge in [0.2, 0.25) is 0 Å². The summed E-state index contributed by atoms with van der Waals surface area (Å²) in [5.41, 5.74) is -0.170. The fraction of sp³-hybridized carbons (Fsp3) is 0.600. The van der Waals surface area contributed by atoms with Gasteiger partial charge in [-0.1, -0.05) is 6.07 Å². The largest absolute Gasteiger partial charge is 0.416 e. The standard InChI is InChI=1S/C15H21F3N2S/c1-20(2)7-8-21-13-6-3-11(10-19-12-4-5-12)14(9-13)15(16,17)18/h3,6,9,12,19H,4-5,7-8,10H2,1-2H3. The molecule has 1 saturated carbocycles. The lowest BCUT2D eigenvalue weighted by molar-refractivity contribution is -0.138. The lowest BCUT2D eigenvalue weighted by Crippen LogP contribution is -2.19.